The smallest absolute Gasteiger partial charge is 0.146 e. The second kappa shape index (κ2) is 2.88. The first-order chi connectivity index (χ1) is 5.11. The SMILES string of the molecule is C[C@H](O)c1ccc(F)c(N)c1. The first kappa shape index (κ1) is 8.01. The van der Waals surface area contributed by atoms with Gasteiger partial charge in [0.1, 0.15) is 5.82 Å². The fourth-order valence-electron chi connectivity index (χ4n) is 0.822. The first-order valence-corrected chi connectivity index (χ1v) is 3.34. The van der Waals surface area contributed by atoms with Gasteiger partial charge in [-0.15, -0.1) is 0 Å². The van der Waals surface area contributed by atoms with Crippen molar-refractivity contribution in [3.8, 4) is 0 Å². The quantitative estimate of drug-likeness (QED) is 0.603. The number of aliphatic hydroxyl groups is 1. The highest BCUT2D eigenvalue weighted by molar-refractivity contribution is 5.42. The number of aliphatic hydroxyl groups excluding tert-OH is 1. The summed E-state index contributed by atoms with van der Waals surface area (Å²) in [5.74, 6) is -0.450. The lowest BCUT2D eigenvalue weighted by Crippen LogP contribution is -1.95. The molecule has 0 amide bonds. The molecule has 0 saturated carbocycles. The molecule has 1 rings (SSSR count). The lowest BCUT2D eigenvalue weighted by Gasteiger charge is -2.04. The maximum absolute atomic E-state index is 12.6. The van der Waals surface area contributed by atoms with Crippen LogP contribution in [0.3, 0.4) is 0 Å². The van der Waals surface area contributed by atoms with Gasteiger partial charge in [0.15, 0.2) is 0 Å². The first-order valence-electron chi connectivity index (χ1n) is 3.34. The van der Waals surface area contributed by atoms with Crippen molar-refractivity contribution in [1.82, 2.24) is 0 Å². The van der Waals surface area contributed by atoms with Crippen LogP contribution in [-0.4, -0.2) is 5.11 Å². The van der Waals surface area contributed by atoms with E-state index >= 15 is 0 Å². The molecule has 1 aromatic rings. The lowest BCUT2D eigenvalue weighted by atomic mass is 10.1. The molecule has 1 aromatic carbocycles. The van der Waals surface area contributed by atoms with E-state index in [0.717, 1.165) is 0 Å². The molecule has 0 aromatic heterocycles. The summed E-state index contributed by atoms with van der Waals surface area (Å²) in [5, 5.41) is 9.06. The maximum Gasteiger partial charge on any atom is 0.146 e. The van der Waals surface area contributed by atoms with Crippen LogP contribution in [0.25, 0.3) is 0 Å². The van der Waals surface area contributed by atoms with Crippen LogP contribution < -0.4 is 5.73 Å². The Balaban J connectivity index is 3.05. The molecule has 0 spiro atoms. The second-order valence-corrected chi connectivity index (χ2v) is 2.46. The number of hydrogen-bond donors (Lipinski definition) is 2. The lowest BCUT2D eigenvalue weighted by molar-refractivity contribution is 0.199. The third-order valence-corrected chi connectivity index (χ3v) is 1.50. The van der Waals surface area contributed by atoms with E-state index < -0.39 is 11.9 Å². The Labute approximate surface area is 64.5 Å². The van der Waals surface area contributed by atoms with Crippen LogP contribution in [0.4, 0.5) is 10.1 Å². The Morgan fingerprint density at radius 3 is 2.64 bits per heavy atom. The minimum atomic E-state index is -0.599. The zero-order valence-electron chi connectivity index (χ0n) is 6.21. The molecule has 0 radical (unpaired) electrons. The van der Waals surface area contributed by atoms with Crippen LogP contribution in [0.5, 0.6) is 0 Å². The minimum Gasteiger partial charge on any atom is -0.396 e. The summed E-state index contributed by atoms with van der Waals surface area (Å²) in [6.07, 6.45) is -0.599. The minimum absolute atomic E-state index is 0.0726. The van der Waals surface area contributed by atoms with Gasteiger partial charge in [-0.05, 0) is 24.6 Å². The highest BCUT2D eigenvalue weighted by Crippen LogP contribution is 2.17. The van der Waals surface area contributed by atoms with Crippen LogP contribution in [0, 0.1) is 5.82 Å². The van der Waals surface area contributed by atoms with Gasteiger partial charge in [0.2, 0.25) is 0 Å². The molecule has 3 heteroatoms. The largest absolute Gasteiger partial charge is 0.396 e. The molecule has 60 valence electrons. The average Bonchev–Trinajstić information content (AvgIpc) is 1.94. The van der Waals surface area contributed by atoms with Crippen molar-refractivity contribution < 1.29 is 9.50 Å². The molecule has 1 atom stereocenters. The van der Waals surface area contributed by atoms with Gasteiger partial charge in [-0.3, -0.25) is 0 Å². The van der Waals surface area contributed by atoms with Gasteiger partial charge >= 0.3 is 0 Å². The Bertz CT molecular complexity index is 260. The topological polar surface area (TPSA) is 46.2 Å². The van der Waals surface area contributed by atoms with Crippen molar-refractivity contribution in [3.05, 3.63) is 29.6 Å². The van der Waals surface area contributed by atoms with Gasteiger partial charge in [0.05, 0.1) is 11.8 Å². The van der Waals surface area contributed by atoms with Gasteiger partial charge in [-0.2, -0.15) is 0 Å². The molecule has 0 bridgehead atoms. The number of hydrogen-bond acceptors (Lipinski definition) is 2. The van der Waals surface area contributed by atoms with Crippen LogP contribution in [0.2, 0.25) is 0 Å². The van der Waals surface area contributed by atoms with E-state index in [2.05, 4.69) is 0 Å². The van der Waals surface area contributed by atoms with Crippen LogP contribution >= 0.6 is 0 Å². The number of nitrogens with two attached hydrogens (primary N) is 1. The zero-order chi connectivity index (χ0) is 8.43. The van der Waals surface area contributed by atoms with Crippen LogP contribution in [-0.2, 0) is 0 Å². The third-order valence-electron chi connectivity index (χ3n) is 1.50. The maximum atomic E-state index is 12.6. The number of halogens is 1. The fraction of sp³-hybridized carbons (Fsp3) is 0.250. The summed E-state index contributed by atoms with van der Waals surface area (Å²) in [6, 6.07) is 4.19. The van der Waals surface area contributed by atoms with E-state index in [4.69, 9.17) is 10.8 Å². The Hall–Kier alpha value is -1.09. The molecular formula is C8H10FNO. The van der Waals surface area contributed by atoms with E-state index in [1.807, 2.05) is 0 Å². The Morgan fingerprint density at radius 1 is 1.55 bits per heavy atom. The zero-order valence-corrected chi connectivity index (χ0v) is 6.21. The summed E-state index contributed by atoms with van der Waals surface area (Å²) < 4.78 is 12.6. The fourth-order valence-corrected chi connectivity index (χ4v) is 0.822. The van der Waals surface area contributed by atoms with Crippen LogP contribution in [0.15, 0.2) is 18.2 Å². The van der Waals surface area contributed by atoms with E-state index in [9.17, 15) is 4.39 Å². The van der Waals surface area contributed by atoms with Crippen molar-refractivity contribution in [2.75, 3.05) is 5.73 Å². The number of rotatable bonds is 1. The van der Waals surface area contributed by atoms with Gasteiger partial charge in [-0.25, -0.2) is 4.39 Å². The summed E-state index contributed by atoms with van der Waals surface area (Å²) in [5.41, 5.74) is 5.97. The van der Waals surface area contributed by atoms with Crippen molar-refractivity contribution in [3.63, 3.8) is 0 Å². The van der Waals surface area contributed by atoms with Crippen LogP contribution in [0.1, 0.15) is 18.6 Å². The van der Waals surface area contributed by atoms with E-state index in [-0.39, 0.29) is 5.69 Å². The van der Waals surface area contributed by atoms with Gasteiger partial charge in [0.25, 0.3) is 0 Å². The second-order valence-electron chi connectivity index (χ2n) is 2.46. The highest BCUT2D eigenvalue weighted by Gasteiger charge is 2.03. The summed E-state index contributed by atoms with van der Waals surface area (Å²) >= 11 is 0. The molecule has 0 aliphatic heterocycles. The van der Waals surface area contributed by atoms with Crippen molar-refractivity contribution in [1.29, 1.82) is 0 Å². The molecule has 3 N–H and O–H groups in total. The molecule has 11 heavy (non-hydrogen) atoms. The average molecular weight is 155 g/mol. The Morgan fingerprint density at radius 2 is 2.18 bits per heavy atom. The molecule has 2 nitrogen and oxygen atoms in total. The number of anilines is 1. The van der Waals surface area contributed by atoms with E-state index in [1.165, 1.54) is 18.2 Å². The third kappa shape index (κ3) is 1.68. The predicted octanol–water partition coefficient (Wildman–Crippen LogP) is 1.46. The summed E-state index contributed by atoms with van der Waals surface area (Å²) in [7, 11) is 0. The summed E-state index contributed by atoms with van der Waals surface area (Å²) in [6.45, 7) is 1.60. The standard InChI is InChI=1S/C8H10FNO/c1-5(11)6-2-3-7(9)8(10)4-6/h2-5,11H,10H2,1H3/t5-/m0/s1. The molecule has 0 saturated heterocycles. The molecule has 0 aliphatic rings. The number of benzene rings is 1. The highest BCUT2D eigenvalue weighted by atomic mass is 19.1. The van der Waals surface area contributed by atoms with Gasteiger partial charge in [0, 0.05) is 0 Å². The predicted molar refractivity (Wildman–Crippen MR) is 41.4 cm³/mol. The van der Waals surface area contributed by atoms with Crippen molar-refractivity contribution in [2.45, 2.75) is 13.0 Å². The van der Waals surface area contributed by atoms with Crippen molar-refractivity contribution >= 4 is 5.69 Å². The molecular weight excluding hydrogens is 145 g/mol. The molecule has 0 unspecified atom stereocenters. The van der Waals surface area contributed by atoms with Gasteiger partial charge < -0.3 is 10.8 Å². The molecule has 0 aliphatic carbocycles. The summed E-state index contributed by atoms with van der Waals surface area (Å²) in [4.78, 5) is 0. The normalized spacial score (nSPS) is 13.0. The monoisotopic (exact) mass is 155 g/mol. The van der Waals surface area contributed by atoms with E-state index in [1.54, 1.807) is 6.92 Å². The number of nitrogen functional groups attached to an aromatic ring is 1. The van der Waals surface area contributed by atoms with Gasteiger partial charge in [-0.1, -0.05) is 6.07 Å². The van der Waals surface area contributed by atoms with E-state index in [0.29, 0.717) is 5.56 Å². The van der Waals surface area contributed by atoms with Crippen molar-refractivity contribution in [2.24, 2.45) is 0 Å². The molecule has 0 fully saturated rings. The Kier molecular flexibility index (Phi) is 2.10. The molecule has 0 heterocycles.